The summed E-state index contributed by atoms with van der Waals surface area (Å²) in [5.41, 5.74) is 0.228. The van der Waals surface area contributed by atoms with Crippen molar-refractivity contribution in [1.82, 2.24) is 9.13 Å². The monoisotopic (exact) mass is 419 g/mol. The number of halogens is 1. The van der Waals surface area contributed by atoms with E-state index in [-0.39, 0.29) is 13.1 Å². The summed E-state index contributed by atoms with van der Waals surface area (Å²) in [5, 5.41) is 5.31. The molecular weight excluding hydrogens is 402 g/mol. The van der Waals surface area contributed by atoms with E-state index in [1.54, 1.807) is 24.3 Å². The average Bonchev–Trinajstić information content (AvgIpc) is 2.74. The highest BCUT2D eigenvalue weighted by Crippen LogP contribution is 2.19. The van der Waals surface area contributed by atoms with Gasteiger partial charge in [-0.25, -0.2) is 4.79 Å². The smallest absolute Gasteiger partial charge is 0.325 e. The number of nitrogens with one attached hydrogen (secondary N) is 1. The fraction of sp³-hybridized carbons (Fsp3) is 0.0870. The largest absolute Gasteiger partial charge is 0.331 e. The van der Waals surface area contributed by atoms with Gasteiger partial charge in [-0.3, -0.25) is 18.7 Å². The van der Waals surface area contributed by atoms with Crippen LogP contribution in [0.1, 0.15) is 5.56 Å². The molecule has 0 radical (unpaired) electrons. The minimum atomic E-state index is -0.573. The van der Waals surface area contributed by atoms with Crippen LogP contribution in [0.3, 0.4) is 0 Å². The van der Waals surface area contributed by atoms with Crippen LogP contribution in [0.5, 0.6) is 0 Å². The summed E-state index contributed by atoms with van der Waals surface area (Å²) < 4.78 is 2.26. The summed E-state index contributed by atoms with van der Waals surface area (Å²) in [4.78, 5) is 37.5. The zero-order valence-corrected chi connectivity index (χ0v) is 16.7. The zero-order chi connectivity index (χ0) is 21.1. The van der Waals surface area contributed by atoms with E-state index in [1.165, 1.54) is 16.8 Å². The number of carbonyl (C=O) groups is 1. The molecule has 0 saturated carbocycles. The van der Waals surface area contributed by atoms with Gasteiger partial charge in [-0.05, 0) is 34.5 Å². The number of aromatic nitrogens is 2. The van der Waals surface area contributed by atoms with E-state index in [0.29, 0.717) is 10.7 Å². The van der Waals surface area contributed by atoms with Crippen molar-refractivity contribution in [2.45, 2.75) is 13.1 Å². The van der Waals surface area contributed by atoms with Crippen LogP contribution in [0.15, 0.2) is 88.6 Å². The van der Waals surface area contributed by atoms with Crippen molar-refractivity contribution in [3.8, 4) is 0 Å². The molecule has 4 aromatic rings. The van der Waals surface area contributed by atoms with Crippen LogP contribution in [0.4, 0.5) is 5.69 Å². The Kier molecular flexibility index (Phi) is 5.50. The van der Waals surface area contributed by atoms with Gasteiger partial charge in [-0.1, -0.05) is 60.1 Å². The molecule has 3 aromatic carbocycles. The Balaban J connectivity index is 1.56. The molecule has 1 heterocycles. The molecule has 1 aromatic heterocycles. The Morgan fingerprint density at radius 3 is 2.43 bits per heavy atom. The van der Waals surface area contributed by atoms with Crippen molar-refractivity contribution in [1.29, 1.82) is 0 Å². The molecule has 0 unspecified atom stereocenters. The van der Waals surface area contributed by atoms with Gasteiger partial charge in [-0.2, -0.15) is 0 Å². The first-order valence-corrected chi connectivity index (χ1v) is 9.71. The van der Waals surface area contributed by atoms with Gasteiger partial charge in [0.25, 0.3) is 5.56 Å². The van der Waals surface area contributed by atoms with Gasteiger partial charge in [0.05, 0.1) is 6.54 Å². The number of hydrogen-bond acceptors (Lipinski definition) is 3. The minimum absolute atomic E-state index is 0.199. The zero-order valence-electron chi connectivity index (χ0n) is 15.9. The lowest BCUT2D eigenvalue weighted by Gasteiger charge is -2.11. The second kappa shape index (κ2) is 8.39. The predicted molar refractivity (Wildman–Crippen MR) is 118 cm³/mol. The van der Waals surface area contributed by atoms with E-state index < -0.39 is 17.2 Å². The van der Waals surface area contributed by atoms with Gasteiger partial charge in [0.2, 0.25) is 5.91 Å². The number of amides is 1. The molecule has 1 N–H and O–H groups in total. The van der Waals surface area contributed by atoms with Gasteiger partial charge >= 0.3 is 5.69 Å². The fourth-order valence-electron chi connectivity index (χ4n) is 3.24. The Morgan fingerprint density at radius 1 is 0.900 bits per heavy atom. The van der Waals surface area contributed by atoms with Crippen molar-refractivity contribution in [2.75, 3.05) is 5.32 Å². The first kappa shape index (κ1) is 19.7. The maximum atomic E-state index is 12.8. The van der Waals surface area contributed by atoms with Crippen LogP contribution >= 0.6 is 11.6 Å². The molecule has 4 rings (SSSR count). The van der Waals surface area contributed by atoms with Crippen molar-refractivity contribution in [2.24, 2.45) is 0 Å². The minimum Gasteiger partial charge on any atom is -0.325 e. The van der Waals surface area contributed by atoms with Crippen LogP contribution in [-0.4, -0.2) is 15.0 Å². The molecule has 0 aliphatic carbocycles. The van der Waals surface area contributed by atoms with E-state index in [1.807, 2.05) is 42.5 Å². The lowest BCUT2D eigenvalue weighted by atomic mass is 10.1. The van der Waals surface area contributed by atoms with Gasteiger partial charge in [0.1, 0.15) is 6.54 Å². The predicted octanol–water partition coefficient (Wildman–Crippen LogP) is 3.50. The number of anilines is 1. The Morgan fingerprint density at radius 2 is 1.63 bits per heavy atom. The van der Waals surface area contributed by atoms with E-state index >= 15 is 0 Å². The molecule has 30 heavy (non-hydrogen) atoms. The summed E-state index contributed by atoms with van der Waals surface area (Å²) in [7, 11) is 0. The van der Waals surface area contributed by atoms with Crippen molar-refractivity contribution in [3.63, 3.8) is 0 Å². The molecule has 1 amide bonds. The molecular formula is C23H18ClN3O3. The fourth-order valence-corrected chi connectivity index (χ4v) is 3.44. The Labute approximate surface area is 177 Å². The molecule has 0 saturated heterocycles. The summed E-state index contributed by atoms with van der Waals surface area (Å²) in [6, 6.07) is 21.7. The molecule has 7 heteroatoms. The third-order valence-electron chi connectivity index (χ3n) is 4.77. The number of hydrogen-bond donors (Lipinski definition) is 1. The topological polar surface area (TPSA) is 73.1 Å². The molecule has 0 spiro atoms. The summed E-state index contributed by atoms with van der Waals surface area (Å²) in [6.45, 7) is -0.182. The van der Waals surface area contributed by atoms with E-state index in [9.17, 15) is 14.4 Å². The number of rotatable bonds is 5. The van der Waals surface area contributed by atoms with Crippen molar-refractivity contribution >= 4 is 34.0 Å². The lowest BCUT2D eigenvalue weighted by molar-refractivity contribution is -0.116. The molecule has 0 bridgehead atoms. The van der Waals surface area contributed by atoms with E-state index in [2.05, 4.69) is 5.32 Å². The highest BCUT2D eigenvalue weighted by molar-refractivity contribution is 6.31. The summed E-state index contributed by atoms with van der Waals surface area (Å²) in [5.74, 6) is -0.458. The normalized spacial score (nSPS) is 10.8. The van der Waals surface area contributed by atoms with Crippen LogP contribution in [0.2, 0.25) is 5.02 Å². The van der Waals surface area contributed by atoms with Crippen molar-refractivity contribution < 1.29 is 4.79 Å². The molecule has 6 nitrogen and oxygen atoms in total. The number of nitrogens with zero attached hydrogens (tertiary/aromatic N) is 2. The Hall–Kier alpha value is -3.64. The molecule has 0 fully saturated rings. The molecule has 0 atom stereocenters. The van der Waals surface area contributed by atoms with Crippen LogP contribution in [0.25, 0.3) is 10.8 Å². The SMILES string of the molecule is O=C(Cn1c(=O)ccn(Cc2ccccc2Cl)c1=O)Nc1ccc2ccccc2c1. The summed E-state index contributed by atoms with van der Waals surface area (Å²) >= 11 is 6.17. The van der Waals surface area contributed by atoms with Gasteiger partial charge in [0.15, 0.2) is 0 Å². The first-order chi connectivity index (χ1) is 14.5. The third-order valence-corrected chi connectivity index (χ3v) is 5.14. The molecule has 150 valence electrons. The average molecular weight is 420 g/mol. The molecule has 0 aliphatic heterocycles. The van der Waals surface area contributed by atoms with Gasteiger partial charge in [0, 0.05) is 23.0 Å². The maximum Gasteiger partial charge on any atom is 0.331 e. The lowest BCUT2D eigenvalue weighted by Crippen LogP contribution is -2.41. The van der Waals surface area contributed by atoms with Crippen LogP contribution < -0.4 is 16.6 Å². The maximum absolute atomic E-state index is 12.8. The number of fused-ring (bicyclic) bond motifs is 1. The van der Waals surface area contributed by atoms with E-state index in [0.717, 1.165) is 20.9 Å². The molecule has 0 aliphatic rings. The first-order valence-electron chi connectivity index (χ1n) is 9.33. The van der Waals surface area contributed by atoms with Gasteiger partial charge in [-0.15, -0.1) is 0 Å². The number of carbonyl (C=O) groups excluding carboxylic acids is 1. The van der Waals surface area contributed by atoms with Crippen LogP contribution in [-0.2, 0) is 17.9 Å². The van der Waals surface area contributed by atoms with E-state index in [4.69, 9.17) is 11.6 Å². The standard InChI is InChI=1S/C23H18ClN3O3/c24-20-8-4-3-7-18(20)14-26-12-11-22(29)27(23(26)30)15-21(28)25-19-10-9-16-5-1-2-6-17(16)13-19/h1-13H,14-15H2,(H,25,28). The second-order valence-corrected chi connectivity index (χ2v) is 7.26. The van der Waals surface area contributed by atoms with Gasteiger partial charge < -0.3 is 5.32 Å². The van der Waals surface area contributed by atoms with Crippen LogP contribution in [0, 0.1) is 0 Å². The quantitative estimate of drug-likeness (QED) is 0.538. The second-order valence-electron chi connectivity index (χ2n) is 6.85. The highest BCUT2D eigenvalue weighted by Gasteiger charge is 2.12. The highest BCUT2D eigenvalue weighted by atomic mass is 35.5. The van der Waals surface area contributed by atoms with Crippen molar-refractivity contribution in [3.05, 3.63) is 110 Å². The summed E-state index contributed by atoms with van der Waals surface area (Å²) in [6.07, 6.45) is 1.41. The Bertz CT molecular complexity index is 1360. The number of benzene rings is 3. The third kappa shape index (κ3) is 4.18.